The van der Waals surface area contributed by atoms with Crippen molar-refractivity contribution < 1.29 is 4.79 Å². The van der Waals surface area contributed by atoms with E-state index >= 15 is 0 Å². The van der Waals surface area contributed by atoms with Crippen LogP contribution in [0.4, 0.5) is 5.82 Å². The molecule has 0 saturated heterocycles. The molecule has 1 amide bonds. The average molecular weight is 385 g/mol. The molecule has 2 heterocycles. The van der Waals surface area contributed by atoms with Crippen LogP contribution in [0.3, 0.4) is 0 Å². The van der Waals surface area contributed by atoms with E-state index in [0.29, 0.717) is 24.6 Å². The summed E-state index contributed by atoms with van der Waals surface area (Å²) >= 11 is 0. The molecule has 1 aliphatic rings. The van der Waals surface area contributed by atoms with E-state index in [4.69, 9.17) is 9.97 Å². The second kappa shape index (κ2) is 8.65. The number of para-hydroxylation sites is 1. The maximum Gasteiger partial charge on any atom is 0.269 e. The van der Waals surface area contributed by atoms with E-state index in [9.17, 15) is 4.79 Å². The Morgan fingerprint density at radius 1 is 1.03 bits per heavy atom. The van der Waals surface area contributed by atoms with Crippen molar-refractivity contribution in [2.24, 2.45) is 4.99 Å². The molecule has 0 aliphatic carbocycles. The molecule has 146 valence electrons. The van der Waals surface area contributed by atoms with Gasteiger partial charge >= 0.3 is 0 Å². The second-order valence-corrected chi connectivity index (χ2v) is 6.85. The zero-order valence-corrected chi connectivity index (χ0v) is 16.4. The SMILES string of the molecule is CCCNC(=O)C1=NCCC(Nc2nc(-c3ccccc3)nc3ccccc23)=C1. The molecule has 0 atom stereocenters. The molecule has 2 aromatic carbocycles. The van der Waals surface area contributed by atoms with Gasteiger partial charge in [0.2, 0.25) is 0 Å². The third-order valence-electron chi connectivity index (χ3n) is 4.66. The Labute approximate surface area is 169 Å². The highest BCUT2D eigenvalue weighted by atomic mass is 16.1. The first-order valence-corrected chi connectivity index (χ1v) is 9.87. The summed E-state index contributed by atoms with van der Waals surface area (Å²) < 4.78 is 0. The summed E-state index contributed by atoms with van der Waals surface area (Å²) in [4.78, 5) is 26.1. The second-order valence-electron chi connectivity index (χ2n) is 6.85. The van der Waals surface area contributed by atoms with E-state index in [1.165, 1.54) is 0 Å². The molecule has 0 radical (unpaired) electrons. The Hall–Kier alpha value is -3.54. The Morgan fingerprint density at radius 2 is 1.83 bits per heavy atom. The van der Waals surface area contributed by atoms with Crippen LogP contribution in [-0.4, -0.2) is 34.7 Å². The van der Waals surface area contributed by atoms with Crippen molar-refractivity contribution in [3.63, 3.8) is 0 Å². The molecule has 6 heteroatoms. The summed E-state index contributed by atoms with van der Waals surface area (Å²) in [6, 6.07) is 17.8. The number of fused-ring (bicyclic) bond motifs is 1. The van der Waals surface area contributed by atoms with E-state index in [2.05, 4.69) is 15.6 Å². The molecule has 3 aromatic rings. The molecule has 2 N–H and O–H groups in total. The predicted octanol–water partition coefficient (Wildman–Crippen LogP) is 3.96. The Balaban J connectivity index is 1.68. The van der Waals surface area contributed by atoms with Crippen molar-refractivity contribution >= 4 is 28.3 Å². The number of hydrogen-bond donors (Lipinski definition) is 2. The number of benzene rings is 2. The number of aliphatic imine (C=N–C) groups is 1. The van der Waals surface area contributed by atoms with Gasteiger partial charge in [-0.25, -0.2) is 9.97 Å². The van der Waals surface area contributed by atoms with Gasteiger partial charge in [0.05, 0.1) is 5.52 Å². The summed E-state index contributed by atoms with van der Waals surface area (Å²) in [6.07, 6.45) is 3.43. The third kappa shape index (κ3) is 4.32. The number of aromatic nitrogens is 2. The third-order valence-corrected chi connectivity index (χ3v) is 4.66. The Bertz CT molecular complexity index is 1090. The lowest BCUT2D eigenvalue weighted by Crippen LogP contribution is -2.32. The molecule has 0 saturated carbocycles. The minimum atomic E-state index is -0.136. The van der Waals surface area contributed by atoms with Crippen LogP contribution in [0.5, 0.6) is 0 Å². The van der Waals surface area contributed by atoms with Gasteiger partial charge < -0.3 is 10.6 Å². The van der Waals surface area contributed by atoms with Gasteiger partial charge in [-0.05, 0) is 24.6 Å². The lowest BCUT2D eigenvalue weighted by molar-refractivity contribution is -0.114. The van der Waals surface area contributed by atoms with Gasteiger partial charge in [-0.3, -0.25) is 9.79 Å². The van der Waals surface area contributed by atoms with Gasteiger partial charge in [0.15, 0.2) is 5.82 Å². The van der Waals surface area contributed by atoms with Crippen molar-refractivity contribution in [1.82, 2.24) is 15.3 Å². The van der Waals surface area contributed by atoms with E-state index in [1.54, 1.807) is 0 Å². The highest BCUT2D eigenvalue weighted by molar-refractivity contribution is 6.43. The summed E-state index contributed by atoms with van der Waals surface area (Å²) in [5.41, 5.74) is 3.20. The minimum absolute atomic E-state index is 0.136. The molecule has 0 unspecified atom stereocenters. The van der Waals surface area contributed by atoms with Crippen LogP contribution in [0.2, 0.25) is 0 Å². The summed E-state index contributed by atoms with van der Waals surface area (Å²) in [5.74, 6) is 1.26. The number of nitrogens with zero attached hydrogens (tertiary/aromatic N) is 3. The summed E-state index contributed by atoms with van der Waals surface area (Å²) in [5, 5.41) is 7.24. The number of dihydropyridines is 1. The standard InChI is InChI=1S/C23H23N5O/c1-2-13-25-23(29)20-15-17(12-14-24-20)26-22-18-10-6-7-11-19(18)27-21(28-22)16-8-4-3-5-9-16/h3-11,15H,2,12-14H2,1H3,(H,25,29)(H,26,27,28). The maximum atomic E-state index is 12.3. The minimum Gasteiger partial charge on any atom is -0.351 e. The first kappa shape index (κ1) is 18.8. The molecule has 6 nitrogen and oxygen atoms in total. The molecule has 1 aliphatic heterocycles. The van der Waals surface area contributed by atoms with Crippen molar-refractivity contribution in [2.45, 2.75) is 19.8 Å². The quantitative estimate of drug-likeness (QED) is 0.673. The van der Waals surface area contributed by atoms with E-state index in [1.807, 2.05) is 67.6 Å². The van der Waals surface area contributed by atoms with Gasteiger partial charge in [0.1, 0.15) is 11.5 Å². The van der Waals surface area contributed by atoms with E-state index in [-0.39, 0.29) is 5.91 Å². The van der Waals surface area contributed by atoms with Gasteiger partial charge in [-0.15, -0.1) is 0 Å². The molecule has 0 fully saturated rings. The van der Waals surface area contributed by atoms with Gasteiger partial charge in [0.25, 0.3) is 5.91 Å². The van der Waals surface area contributed by atoms with Crippen molar-refractivity contribution in [3.8, 4) is 11.4 Å². The van der Waals surface area contributed by atoms with Crippen LogP contribution in [0.1, 0.15) is 19.8 Å². The van der Waals surface area contributed by atoms with Gasteiger partial charge in [-0.1, -0.05) is 49.4 Å². The van der Waals surface area contributed by atoms with Gasteiger partial charge in [-0.2, -0.15) is 0 Å². The normalized spacial score (nSPS) is 13.6. The fraction of sp³-hybridized carbons (Fsp3) is 0.217. The lowest BCUT2D eigenvalue weighted by atomic mass is 10.1. The van der Waals surface area contributed by atoms with Crippen LogP contribution in [0, 0.1) is 0 Å². The highest BCUT2D eigenvalue weighted by Gasteiger charge is 2.16. The zero-order chi connectivity index (χ0) is 20.1. The van der Waals surface area contributed by atoms with Crippen molar-refractivity contribution in [1.29, 1.82) is 0 Å². The number of carbonyl (C=O) groups excluding carboxylic acids is 1. The molecule has 0 spiro atoms. The number of amides is 1. The first-order valence-electron chi connectivity index (χ1n) is 9.87. The number of anilines is 1. The smallest absolute Gasteiger partial charge is 0.269 e. The Kier molecular flexibility index (Phi) is 5.61. The highest BCUT2D eigenvalue weighted by Crippen LogP contribution is 2.26. The monoisotopic (exact) mass is 385 g/mol. The number of carbonyl (C=O) groups is 1. The maximum absolute atomic E-state index is 12.3. The average Bonchev–Trinajstić information content (AvgIpc) is 2.78. The first-order chi connectivity index (χ1) is 14.2. The van der Waals surface area contributed by atoms with Crippen LogP contribution >= 0.6 is 0 Å². The molecular weight excluding hydrogens is 362 g/mol. The number of hydrogen-bond acceptors (Lipinski definition) is 5. The van der Waals surface area contributed by atoms with Crippen molar-refractivity contribution in [3.05, 3.63) is 66.4 Å². The summed E-state index contributed by atoms with van der Waals surface area (Å²) in [7, 11) is 0. The van der Waals surface area contributed by atoms with Gasteiger partial charge in [0, 0.05) is 36.2 Å². The largest absolute Gasteiger partial charge is 0.351 e. The lowest BCUT2D eigenvalue weighted by Gasteiger charge is -2.16. The molecule has 1 aromatic heterocycles. The van der Waals surface area contributed by atoms with Crippen molar-refractivity contribution in [2.75, 3.05) is 18.4 Å². The fourth-order valence-electron chi connectivity index (χ4n) is 3.18. The number of rotatable bonds is 6. The number of nitrogens with one attached hydrogen (secondary N) is 2. The van der Waals surface area contributed by atoms with E-state index < -0.39 is 0 Å². The molecule has 29 heavy (non-hydrogen) atoms. The topological polar surface area (TPSA) is 79.3 Å². The summed E-state index contributed by atoms with van der Waals surface area (Å²) in [6.45, 7) is 3.24. The predicted molar refractivity (Wildman–Crippen MR) is 117 cm³/mol. The fourth-order valence-corrected chi connectivity index (χ4v) is 3.18. The molecule has 0 bridgehead atoms. The van der Waals surface area contributed by atoms with Crippen LogP contribution < -0.4 is 10.6 Å². The van der Waals surface area contributed by atoms with Crippen LogP contribution in [0.15, 0.2) is 71.4 Å². The van der Waals surface area contributed by atoms with Crippen LogP contribution in [0.25, 0.3) is 22.3 Å². The Morgan fingerprint density at radius 3 is 2.66 bits per heavy atom. The molecular formula is C23H23N5O. The van der Waals surface area contributed by atoms with Crippen LogP contribution in [-0.2, 0) is 4.79 Å². The zero-order valence-electron chi connectivity index (χ0n) is 16.4. The molecule has 4 rings (SSSR count). The van der Waals surface area contributed by atoms with E-state index in [0.717, 1.165) is 40.8 Å².